The first-order valence-electron chi connectivity index (χ1n) is 8.73. The van der Waals surface area contributed by atoms with E-state index in [4.69, 9.17) is 16.3 Å². The molecule has 2 aromatic rings. The summed E-state index contributed by atoms with van der Waals surface area (Å²) in [7, 11) is 0. The van der Waals surface area contributed by atoms with Crippen LogP contribution >= 0.6 is 11.6 Å². The maximum atomic E-state index is 12.2. The van der Waals surface area contributed by atoms with Crippen LogP contribution in [0.25, 0.3) is 0 Å². The van der Waals surface area contributed by atoms with Gasteiger partial charge >= 0.3 is 0 Å². The van der Waals surface area contributed by atoms with Crippen molar-refractivity contribution < 1.29 is 9.53 Å². The Morgan fingerprint density at radius 1 is 1.15 bits per heavy atom. The number of hydrogen-bond acceptors (Lipinski definition) is 5. The van der Waals surface area contributed by atoms with E-state index in [-0.39, 0.29) is 5.91 Å². The molecule has 0 radical (unpaired) electrons. The van der Waals surface area contributed by atoms with Crippen molar-refractivity contribution >= 4 is 23.2 Å². The van der Waals surface area contributed by atoms with Crippen LogP contribution in [0.4, 0.5) is 5.69 Å². The topological polar surface area (TPSA) is 66.5 Å². The van der Waals surface area contributed by atoms with Crippen LogP contribution in [0.1, 0.15) is 16.1 Å². The summed E-state index contributed by atoms with van der Waals surface area (Å²) < 4.78 is 5.31. The monoisotopic (exact) mass is 374 g/mol. The van der Waals surface area contributed by atoms with E-state index in [1.54, 1.807) is 12.3 Å². The van der Waals surface area contributed by atoms with E-state index in [9.17, 15) is 4.79 Å². The number of amides is 1. The normalized spacial score (nSPS) is 14.8. The first-order valence-corrected chi connectivity index (χ1v) is 9.11. The molecule has 1 aromatic heterocycles. The van der Waals surface area contributed by atoms with Crippen molar-refractivity contribution in [1.29, 1.82) is 0 Å². The maximum absolute atomic E-state index is 12.2. The highest BCUT2D eigenvalue weighted by molar-refractivity contribution is 6.30. The number of carbonyl (C=O) groups is 1. The molecule has 6 nitrogen and oxygen atoms in total. The van der Waals surface area contributed by atoms with Gasteiger partial charge in [0, 0.05) is 37.7 Å². The van der Waals surface area contributed by atoms with Crippen LogP contribution in [-0.4, -0.2) is 55.2 Å². The number of nitrogens with one attached hydrogen (secondary N) is 2. The zero-order chi connectivity index (χ0) is 18.2. The standard InChI is InChI=1S/C19H23ClN4O2/c20-16-3-1-15(2-4-16)13-22-17-5-6-18(23-14-17)19(25)21-7-8-24-9-11-26-12-10-24/h1-6,14,22H,7-13H2,(H,21,25). The number of benzene rings is 1. The fourth-order valence-electron chi connectivity index (χ4n) is 2.68. The Morgan fingerprint density at radius 3 is 2.62 bits per heavy atom. The maximum Gasteiger partial charge on any atom is 0.269 e. The second-order valence-corrected chi connectivity index (χ2v) is 6.56. The van der Waals surface area contributed by atoms with Crippen LogP contribution in [0.3, 0.4) is 0 Å². The summed E-state index contributed by atoms with van der Waals surface area (Å²) in [6.07, 6.45) is 1.67. The van der Waals surface area contributed by atoms with Gasteiger partial charge in [0.05, 0.1) is 25.1 Å². The Balaban J connectivity index is 1.42. The third kappa shape index (κ3) is 5.69. The molecule has 0 saturated carbocycles. The minimum absolute atomic E-state index is 0.150. The van der Waals surface area contributed by atoms with E-state index in [1.807, 2.05) is 30.3 Å². The van der Waals surface area contributed by atoms with Gasteiger partial charge in [-0.15, -0.1) is 0 Å². The quantitative estimate of drug-likeness (QED) is 0.779. The highest BCUT2D eigenvalue weighted by Crippen LogP contribution is 2.12. The molecule has 0 atom stereocenters. The average Bonchev–Trinajstić information content (AvgIpc) is 2.69. The number of halogens is 1. The van der Waals surface area contributed by atoms with Crippen molar-refractivity contribution in [2.75, 3.05) is 44.7 Å². The highest BCUT2D eigenvalue weighted by Gasteiger charge is 2.11. The van der Waals surface area contributed by atoms with E-state index in [2.05, 4.69) is 20.5 Å². The second kappa shape index (κ2) is 9.52. The Morgan fingerprint density at radius 2 is 1.92 bits per heavy atom. The zero-order valence-electron chi connectivity index (χ0n) is 14.6. The summed E-state index contributed by atoms with van der Waals surface area (Å²) >= 11 is 5.88. The predicted octanol–water partition coefficient (Wildman–Crippen LogP) is 2.41. The van der Waals surface area contributed by atoms with Crippen molar-refractivity contribution in [3.8, 4) is 0 Å². The highest BCUT2D eigenvalue weighted by atomic mass is 35.5. The number of morpholine rings is 1. The number of hydrogen-bond donors (Lipinski definition) is 2. The minimum atomic E-state index is -0.150. The summed E-state index contributed by atoms with van der Waals surface area (Å²) in [6.45, 7) is 5.47. The second-order valence-electron chi connectivity index (χ2n) is 6.12. The first kappa shape index (κ1) is 18.6. The molecule has 0 aliphatic carbocycles. The minimum Gasteiger partial charge on any atom is -0.380 e. The largest absolute Gasteiger partial charge is 0.380 e. The van der Waals surface area contributed by atoms with Gasteiger partial charge in [-0.25, -0.2) is 4.98 Å². The zero-order valence-corrected chi connectivity index (χ0v) is 15.3. The number of nitrogens with zero attached hydrogens (tertiary/aromatic N) is 2. The van der Waals surface area contributed by atoms with E-state index in [0.717, 1.165) is 49.1 Å². The van der Waals surface area contributed by atoms with Gasteiger partial charge < -0.3 is 15.4 Å². The average molecular weight is 375 g/mol. The molecule has 1 aromatic carbocycles. The SMILES string of the molecule is O=C(NCCN1CCOCC1)c1ccc(NCc2ccc(Cl)cc2)cn1. The number of carbonyl (C=O) groups excluding carboxylic acids is 1. The van der Waals surface area contributed by atoms with Crippen LogP contribution in [-0.2, 0) is 11.3 Å². The molecule has 26 heavy (non-hydrogen) atoms. The van der Waals surface area contributed by atoms with Gasteiger partial charge in [-0.2, -0.15) is 0 Å². The Kier molecular flexibility index (Phi) is 6.82. The number of aromatic nitrogens is 1. The van der Waals surface area contributed by atoms with Gasteiger partial charge in [0.25, 0.3) is 5.91 Å². The van der Waals surface area contributed by atoms with Gasteiger partial charge in [-0.05, 0) is 29.8 Å². The summed E-state index contributed by atoms with van der Waals surface area (Å²) in [5.41, 5.74) is 2.41. The molecule has 1 aliphatic heterocycles. The number of anilines is 1. The van der Waals surface area contributed by atoms with Crippen LogP contribution in [0.5, 0.6) is 0 Å². The molecule has 2 N–H and O–H groups in total. The first-order chi connectivity index (χ1) is 12.7. The third-order valence-electron chi connectivity index (χ3n) is 4.22. The Labute approximate surface area is 158 Å². The summed E-state index contributed by atoms with van der Waals surface area (Å²) in [6, 6.07) is 11.3. The Bertz CT molecular complexity index is 700. The smallest absolute Gasteiger partial charge is 0.269 e. The lowest BCUT2D eigenvalue weighted by molar-refractivity contribution is 0.0383. The van der Waals surface area contributed by atoms with Crippen LogP contribution in [0.15, 0.2) is 42.6 Å². The summed E-state index contributed by atoms with van der Waals surface area (Å²) in [5, 5.41) is 6.91. The molecule has 3 rings (SSSR count). The number of ether oxygens (including phenoxy) is 1. The van der Waals surface area contributed by atoms with Crippen LogP contribution in [0.2, 0.25) is 5.02 Å². The van der Waals surface area contributed by atoms with E-state index < -0.39 is 0 Å². The van der Waals surface area contributed by atoms with E-state index in [1.165, 1.54) is 0 Å². The van der Waals surface area contributed by atoms with Crippen LogP contribution in [0, 0.1) is 0 Å². The van der Waals surface area contributed by atoms with Crippen molar-refractivity contribution in [3.05, 3.63) is 58.9 Å². The third-order valence-corrected chi connectivity index (χ3v) is 4.48. The van der Waals surface area contributed by atoms with Crippen LogP contribution < -0.4 is 10.6 Å². The molecule has 0 spiro atoms. The molecule has 1 amide bonds. The molecule has 0 bridgehead atoms. The van der Waals surface area contributed by atoms with E-state index in [0.29, 0.717) is 18.8 Å². The lowest BCUT2D eigenvalue weighted by Gasteiger charge is -2.26. The van der Waals surface area contributed by atoms with Crippen molar-refractivity contribution in [3.63, 3.8) is 0 Å². The van der Waals surface area contributed by atoms with Gasteiger partial charge in [-0.1, -0.05) is 23.7 Å². The fraction of sp³-hybridized carbons (Fsp3) is 0.368. The molecule has 2 heterocycles. The molecule has 7 heteroatoms. The molecule has 1 fully saturated rings. The number of pyridine rings is 1. The lowest BCUT2D eigenvalue weighted by atomic mass is 10.2. The molecule has 0 unspecified atom stereocenters. The Hall–Kier alpha value is -2.15. The molecular formula is C19H23ClN4O2. The lowest BCUT2D eigenvalue weighted by Crippen LogP contribution is -2.41. The summed E-state index contributed by atoms with van der Waals surface area (Å²) in [5.74, 6) is -0.150. The fourth-order valence-corrected chi connectivity index (χ4v) is 2.81. The van der Waals surface area contributed by atoms with E-state index >= 15 is 0 Å². The van der Waals surface area contributed by atoms with Gasteiger partial charge in [0.15, 0.2) is 0 Å². The van der Waals surface area contributed by atoms with Crippen molar-refractivity contribution in [2.45, 2.75) is 6.54 Å². The van der Waals surface area contributed by atoms with Crippen molar-refractivity contribution in [1.82, 2.24) is 15.2 Å². The molecule has 1 saturated heterocycles. The van der Waals surface area contributed by atoms with Gasteiger partial charge in [0.2, 0.25) is 0 Å². The molecule has 138 valence electrons. The van der Waals surface area contributed by atoms with Gasteiger partial charge in [-0.3, -0.25) is 9.69 Å². The predicted molar refractivity (Wildman–Crippen MR) is 103 cm³/mol. The molecular weight excluding hydrogens is 352 g/mol. The molecule has 1 aliphatic rings. The summed E-state index contributed by atoms with van der Waals surface area (Å²) in [4.78, 5) is 18.7. The number of rotatable bonds is 7. The van der Waals surface area contributed by atoms with Crippen molar-refractivity contribution in [2.24, 2.45) is 0 Å². The van der Waals surface area contributed by atoms with Gasteiger partial charge in [0.1, 0.15) is 5.69 Å².